The molecule has 0 unspecified atom stereocenters. The van der Waals surface area contributed by atoms with E-state index in [4.69, 9.17) is 0 Å². The summed E-state index contributed by atoms with van der Waals surface area (Å²) in [5.74, 6) is 0. The van der Waals surface area contributed by atoms with Crippen LogP contribution in [0, 0.1) is 0 Å². The van der Waals surface area contributed by atoms with Crippen molar-refractivity contribution in [2.24, 2.45) is 0 Å². The van der Waals surface area contributed by atoms with E-state index in [2.05, 4.69) is 59.6 Å². The Morgan fingerprint density at radius 2 is 1.28 bits per heavy atom. The molecule has 0 amide bonds. The van der Waals surface area contributed by atoms with Gasteiger partial charge in [-0.25, -0.2) is 0 Å². The Labute approximate surface area is 210 Å². The maximum atomic E-state index is 2.48. The molecule has 0 atom stereocenters. The largest absolute Gasteiger partial charge is 0.143 e. The summed E-state index contributed by atoms with van der Waals surface area (Å²) in [7, 11) is 0. The highest BCUT2D eigenvalue weighted by molar-refractivity contribution is 7.21. The van der Waals surface area contributed by atoms with Crippen molar-refractivity contribution in [3.63, 3.8) is 0 Å². The van der Waals surface area contributed by atoms with Crippen molar-refractivity contribution in [2.75, 3.05) is 0 Å². The Balaban J connectivity index is 1.65. The zero-order chi connectivity index (χ0) is 22.2. The highest BCUT2D eigenvalue weighted by Crippen LogP contribution is 2.47. The lowest BCUT2D eigenvalue weighted by molar-refractivity contribution is 0.652. The third-order valence-corrected chi connectivity index (χ3v) is 10.1. The molecule has 0 N–H and O–H groups in total. The number of rotatable bonds is 13. The van der Waals surface area contributed by atoms with E-state index in [9.17, 15) is 0 Å². The van der Waals surface area contributed by atoms with E-state index in [-0.39, 0.29) is 0 Å². The van der Waals surface area contributed by atoms with Crippen LogP contribution in [0.4, 0.5) is 0 Å². The molecule has 4 aromatic rings. The van der Waals surface area contributed by atoms with Crippen LogP contribution in [0.5, 0.6) is 0 Å². The van der Waals surface area contributed by atoms with Gasteiger partial charge in [0.2, 0.25) is 0 Å². The van der Waals surface area contributed by atoms with E-state index >= 15 is 0 Å². The van der Waals surface area contributed by atoms with Crippen LogP contribution in [0.25, 0.3) is 30.6 Å². The van der Waals surface area contributed by atoms with Crippen molar-refractivity contribution in [2.45, 2.75) is 78.1 Å². The SMILES string of the molecule is CCCCCCc1csc(-c2ccsc2-c2ccsc2-c2cccs2)c1CCCCCC. The number of thiophene rings is 4. The first-order valence-corrected chi connectivity index (χ1v) is 15.6. The highest BCUT2D eigenvalue weighted by Gasteiger charge is 2.20. The third-order valence-electron chi connectivity index (χ3n) is 6.13. The highest BCUT2D eigenvalue weighted by atomic mass is 32.1. The van der Waals surface area contributed by atoms with Crippen LogP contribution in [0.2, 0.25) is 0 Å². The van der Waals surface area contributed by atoms with Gasteiger partial charge in [0.05, 0.1) is 4.88 Å². The van der Waals surface area contributed by atoms with Gasteiger partial charge in [-0.1, -0.05) is 58.4 Å². The quantitative estimate of drug-likeness (QED) is 0.161. The van der Waals surface area contributed by atoms with Gasteiger partial charge in [0, 0.05) is 25.8 Å². The molecule has 0 fully saturated rings. The summed E-state index contributed by atoms with van der Waals surface area (Å²) in [5.41, 5.74) is 6.15. The summed E-state index contributed by atoms with van der Waals surface area (Å²) < 4.78 is 0. The molecule has 170 valence electrons. The average Bonchev–Trinajstić information content (AvgIpc) is 3.60. The smallest absolute Gasteiger partial charge is 0.0529 e. The number of hydrogen-bond acceptors (Lipinski definition) is 4. The molecule has 0 aliphatic heterocycles. The maximum absolute atomic E-state index is 2.48. The Kier molecular flexibility index (Phi) is 9.21. The van der Waals surface area contributed by atoms with Crippen LogP contribution in [-0.4, -0.2) is 0 Å². The molecule has 0 aliphatic carbocycles. The van der Waals surface area contributed by atoms with Crippen molar-refractivity contribution < 1.29 is 0 Å². The van der Waals surface area contributed by atoms with E-state index in [1.165, 1.54) is 94.8 Å². The number of hydrogen-bond donors (Lipinski definition) is 0. The van der Waals surface area contributed by atoms with Crippen molar-refractivity contribution in [1.82, 2.24) is 0 Å². The molecule has 0 aromatic carbocycles. The van der Waals surface area contributed by atoms with E-state index in [0.29, 0.717) is 0 Å². The van der Waals surface area contributed by atoms with Crippen molar-refractivity contribution in [1.29, 1.82) is 0 Å². The fourth-order valence-electron chi connectivity index (χ4n) is 4.38. The minimum absolute atomic E-state index is 1.23. The van der Waals surface area contributed by atoms with Gasteiger partial charge in [0.25, 0.3) is 0 Å². The second-order valence-electron chi connectivity index (χ2n) is 8.49. The van der Waals surface area contributed by atoms with Gasteiger partial charge in [-0.2, -0.15) is 0 Å². The summed E-state index contributed by atoms with van der Waals surface area (Å²) in [6.45, 7) is 4.60. The third kappa shape index (κ3) is 5.64. The zero-order valence-corrected chi connectivity index (χ0v) is 22.6. The summed E-state index contributed by atoms with van der Waals surface area (Å²) in [5, 5.41) is 9.22. The fraction of sp³-hybridized carbons (Fsp3) is 0.429. The van der Waals surface area contributed by atoms with Gasteiger partial charge in [-0.05, 0) is 76.5 Å². The van der Waals surface area contributed by atoms with Gasteiger partial charge < -0.3 is 0 Å². The van der Waals surface area contributed by atoms with Crippen LogP contribution in [-0.2, 0) is 12.8 Å². The van der Waals surface area contributed by atoms with Gasteiger partial charge in [0.1, 0.15) is 0 Å². The lowest BCUT2D eigenvalue weighted by atomic mass is 9.96. The number of aryl methyl sites for hydroxylation is 1. The van der Waals surface area contributed by atoms with Crippen molar-refractivity contribution in [3.8, 4) is 30.6 Å². The average molecular weight is 499 g/mol. The van der Waals surface area contributed by atoms with E-state index in [1.807, 2.05) is 45.3 Å². The first-order valence-electron chi connectivity index (χ1n) is 12.1. The lowest BCUT2D eigenvalue weighted by Gasteiger charge is -2.10. The van der Waals surface area contributed by atoms with Crippen LogP contribution in [0.15, 0.2) is 45.8 Å². The van der Waals surface area contributed by atoms with Gasteiger partial charge in [-0.15, -0.1) is 45.3 Å². The molecule has 0 radical (unpaired) electrons. The molecule has 4 heteroatoms. The zero-order valence-electron chi connectivity index (χ0n) is 19.3. The standard InChI is InChI=1S/C28H34S4/c1-3-5-7-9-12-21-20-32-26(22(21)13-10-8-6-4-2)23-15-18-30-27(23)24-16-19-31-28(24)25-14-11-17-29-25/h11,14-20H,3-10,12-13H2,1-2H3. The number of unbranched alkanes of at least 4 members (excludes halogenated alkanes) is 6. The van der Waals surface area contributed by atoms with Crippen LogP contribution in [0.1, 0.15) is 76.3 Å². The predicted octanol–water partition coefficient (Wildman–Crippen LogP) is 11.2. The topological polar surface area (TPSA) is 0 Å². The normalized spacial score (nSPS) is 11.4. The molecule has 0 aliphatic rings. The molecule has 0 saturated carbocycles. The molecule has 0 saturated heterocycles. The minimum atomic E-state index is 1.23. The monoisotopic (exact) mass is 498 g/mol. The van der Waals surface area contributed by atoms with Crippen LogP contribution < -0.4 is 0 Å². The summed E-state index contributed by atoms with van der Waals surface area (Å²) >= 11 is 7.62. The molecular formula is C28H34S4. The Morgan fingerprint density at radius 3 is 1.97 bits per heavy atom. The molecular weight excluding hydrogens is 465 g/mol. The van der Waals surface area contributed by atoms with Crippen molar-refractivity contribution in [3.05, 3.63) is 56.9 Å². The molecule has 0 bridgehead atoms. The van der Waals surface area contributed by atoms with Crippen molar-refractivity contribution >= 4 is 45.3 Å². The Morgan fingerprint density at radius 1 is 0.594 bits per heavy atom. The Bertz CT molecular complexity index is 1060. The Hall–Kier alpha value is -1.20. The molecule has 32 heavy (non-hydrogen) atoms. The minimum Gasteiger partial charge on any atom is -0.143 e. The van der Waals surface area contributed by atoms with Gasteiger partial charge in [-0.3, -0.25) is 0 Å². The second-order valence-corrected chi connectivity index (χ2v) is 12.2. The summed E-state index contributed by atoms with van der Waals surface area (Å²) in [6, 6.07) is 9.12. The molecule has 0 spiro atoms. The van der Waals surface area contributed by atoms with E-state index in [1.54, 1.807) is 11.1 Å². The van der Waals surface area contributed by atoms with E-state index < -0.39 is 0 Å². The molecule has 0 nitrogen and oxygen atoms in total. The first kappa shape index (κ1) is 23.9. The maximum Gasteiger partial charge on any atom is 0.0529 e. The summed E-state index contributed by atoms with van der Waals surface area (Å²) in [4.78, 5) is 5.79. The first-order chi connectivity index (χ1) is 15.8. The lowest BCUT2D eigenvalue weighted by Crippen LogP contribution is -1.94. The van der Waals surface area contributed by atoms with Gasteiger partial charge >= 0.3 is 0 Å². The fourth-order valence-corrected chi connectivity index (χ4v) is 8.43. The van der Waals surface area contributed by atoms with Crippen LogP contribution >= 0.6 is 45.3 Å². The second kappa shape index (κ2) is 12.3. The predicted molar refractivity (Wildman–Crippen MR) is 150 cm³/mol. The van der Waals surface area contributed by atoms with Crippen LogP contribution in [0.3, 0.4) is 0 Å². The molecule has 4 rings (SSSR count). The van der Waals surface area contributed by atoms with E-state index in [0.717, 1.165) is 0 Å². The molecule has 4 heterocycles. The summed E-state index contributed by atoms with van der Waals surface area (Å²) in [6.07, 6.45) is 13.2. The molecule has 4 aromatic heterocycles. The van der Waals surface area contributed by atoms with Gasteiger partial charge in [0.15, 0.2) is 0 Å².